The van der Waals surface area contributed by atoms with Crippen LogP contribution >= 0.6 is 0 Å². The van der Waals surface area contributed by atoms with E-state index in [0.29, 0.717) is 38.3 Å². The average molecular weight is 439 g/mol. The Morgan fingerprint density at radius 2 is 1.70 bits per heavy atom. The topological polar surface area (TPSA) is 95.3 Å². The van der Waals surface area contributed by atoms with Crippen molar-refractivity contribution in [3.05, 3.63) is 48.0 Å². The number of halogens is 3. The average Bonchev–Trinajstić information content (AvgIpc) is 2.95. The first-order chi connectivity index (χ1) is 14.1. The quantitative estimate of drug-likeness (QED) is 0.654. The molecule has 0 saturated carbocycles. The van der Waals surface area contributed by atoms with Crippen molar-refractivity contribution in [2.45, 2.75) is 17.5 Å². The Balaban J connectivity index is 1.58. The fourth-order valence-electron chi connectivity index (χ4n) is 3.66. The van der Waals surface area contributed by atoms with Gasteiger partial charge in [-0.1, -0.05) is 12.1 Å². The number of fused-ring (bicyclic) bond motifs is 1. The number of hydrogen-bond acceptors (Lipinski definition) is 5. The summed E-state index contributed by atoms with van der Waals surface area (Å²) in [7, 11) is -4.49. The number of H-pyrrole nitrogens is 1. The molecule has 0 unspecified atom stereocenters. The summed E-state index contributed by atoms with van der Waals surface area (Å²) in [6, 6.07) is 10.8. The minimum Gasteiger partial charge on any atom is -0.370 e. The fraction of sp³-hybridized carbons (Fsp3) is 0.316. The Morgan fingerprint density at radius 3 is 2.40 bits per heavy atom. The summed E-state index contributed by atoms with van der Waals surface area (Å²) in [5, 5.41) is 4.96. The van der Waals surface area contributed by atoms with Crippen LogP contribution in [-0.2, 0) is 16.2 Å². The van der Waals surface area contributed by atoms with Crippen LogP contribution in [0.25, 0.3) is 11.0 Å². The molecule has 4 rings (SSSR count). The molecule has 30 heavy (non-hydrogen) atoms. The van der Waals surface area contributed by atoms with Crippen LogP contribution < -0.4 is 14.9 Å². The number of nitrogens with zero attached hydrogens (tertiary/aromatic N) is 3. The Labute approximate surface area is 171 Å². The van der Waals surface area contributed by atoms with E-state index < -0.39 is 26.7 Å². The van der Waals surface area contributed by atoms with Crippen molar-refractivity contribution in [3.63, 3.8) is 0 Å². The number of aromatic nitrogens is 2. The zero-order valence-corrected chi connectivity index (χ0v) is 16.7. The van der Waals surface area contributed by atoms with Gasteiger partial charge in [-0.15, -0.1) is 0 Å². The predicted molar refractivity (Wildman–Crippen MR) is 108 cm³/mol. The number of hydrogen-bond donors (Lipinski definition) is 2. The van der Waals surface area contributed by atoms with E-state index in [4.69, 9.17) is 5.14 Å². The molecule has 2 aromatic carbocycles. The summed E-state index contributed by atoms with van der Waals surface area (Å²) in [6.45, 7) is 2.24. The fourth-order valence-corrected chi connectivity index (χ4v) is 4.40. The molecule has 0 spiro atoms. The second-order valence-corrected chi connectivity index (χ2v) is 8.66. The minimum absolute atomic E-state index is 0.307. The molecule has 3 aromatic rings. The van der Waals surface area contributed by atoms with Crippen LogP contribution in [0.1, 0.15) is 12.0 Å². The van der Waals surface area contributed by atoms with Gasteiger partial charge in [0.25, 0.3) is 0 Å². The van der Waals surface area contributed by atoms with Crippen LogP contribution in [0.2, 0.25) is 0 Å². The molecule has 11 heteroatoms. The molecule has 0 atom stereocenters. The summed E-state index contributed by atoms with van der Waals surface area (Å²) in [5.74, 6) is 0.721. The number of para-hydroxylation sites is 2. The van der Waals surface area contributed by atoms with Crippen molar-refractivity contribution in [2.75, 3.05) is 36.0 Å². The van der Waals surface area contributed by atoms with Gasteiger partial charge in [-0.25, -0.2) is 18.5 Å². The van der Waals surface area contributed by atoms with Crippen molar-refractivity contribution in [2.24, 2.45) is 5.14 Å². The molecule has 0 bridgehead atoms. The molecule has 0 aliphatic carbocycles. The highest BCUT2D eigenvalue weighted by molar-refractivity contribution is 7.89. The van der Waals surface area contributed by atoms with E-state index >= 15 is 0 Å². The molecule has 0 amide bonds. The summed E-state index contributed by atoms with van der Waals surface area (Å²) in [5.41, 5.74) is 0.825. The smallest absolute Gasteiger partial charge is 0.370 e. The first-order valence-electron chi connectivity index (χ1n) is 9.31. The standard InChI is InChI=1S/C19H20F3N5O2S/c20-19(21,22)14-12-13(6-7-17(14)30(23,28)29)26-8-3-9-27(11-10-26)18-24-15-4-1-2-5-16(15)25-18/h1-2,4-7,12H,3,8-11H2,(H,24,25)(H2,23,28,29). The minimum atomic E-state index is -4.83. The summed E-state index contributed by atoms with van der Waals surface area (Å²) < 4.78 is 63.4. The number of benzene rings is 2. The number of sulfonamides is 1. The number of aromatic amines is 1. The van der Waals surface area contributed by atoms with Gasteiger partial charge in [0, 0.05) is 31.9 Å². The predicted octanol–water partition coefficient (Wildman–Crippen LogP) is 2.95. The highest BCUT2D eigenvalue weighted by atomic mass is 32.2. The first-order valence-corrected chi connectivity index (χ1v) is 10.9. The molecule has 1 aliphatic rings. The molecule has 7 nitrogen and oxygen atoms in total. The zero-order chi connectivity index (χ0) is 21.5. The second kappa shape index (κ2) is 7.47. The molecule has 0 radical (unpaired) electrons. The van der Waals surface area contributed by atoms with E-state index in [1.54, 1.807) is 0 Å². The molecular formula is C19H20F3N5O2S. The monoisotopic (exact) mass is 439 g/mol. The van der Waals surface area contributed by atoms with Crippen molar-refractivity contribution in [1.29, 1.82) is 0 Å². The lowest BCUT2D eigenvalue weighted by molar-refractivity contribution is -0.139. The van der Waals surface area contributed by atoms with Crippen molar-refractivity contribution >= 4 is 32.7 Å². The molecule has 2 heterocycles. The van der Waals surface area contributed by atoms with Crippen LogP contribution in [0.15, 0.2) is 47.4 Å². The number of imidazole rings is 1. The van der Waals surface area contributed by atoms with Gasteiger partial charge in [-0.2, -0.15) is 13.2 Å². The summed E-state index contributed by atoms with van der Waals surface area (Å²) in [4.78, 5) is 10.8. The maximum absolute atomic E-state index is 13.4. The second-order valence-electron chi connectivity index (χ2n) is 7.13. The maximum Gasteiger partial charge on any atom is 0.417 e. The van der Waals surface area contributed by atoms with Gasteiger partial charge in [0.2, 0.25) is 16.0 Å². The maximum atomic E-state index is 13.4. The Kier molecular flexibility index (Phi) is 5.10. The number of nitrogens with one attached hydrogen (secondary N) is 1. The van der Waals surface area contributed by atoms with Gasteiger partial charge in [-0.3, -0.25) is 0 Å². The van der Waals surface area contributed by atoms with Crippen LogP contribution in [0, 0.1) is 0 Å². The Bertz CT molecular complexity index is 1140. The van der Waals surface area contributed by atoms with E-state index in [0.717, 1.165) is 29.1 Å². The number of anilines is 2. The van der Waals surface area contributed by atoms with Gasteiger partial charge < -0.3 is 14.8 Å². The van der Waals surface area contributed by atoms with Gasteiger partial charge in [0.15, 0.2) is 0 Å². The Morgan fingerprint density at radius 1 is 1.00 bits per heavy atom. The van der Waals surface area contributed by atoms with E-state index in [2.05, 4.69) is 14.9 Å². The van der Waals surface area contributed by atoms with Crippen LogP contribution in [0.3, 0.4) is 0 Å². The lowest BCUT2D eigenvalue weighted by atomic mass is 10.1. The molecule has 1 aliphatic heterocycles. The third kappa shape index (κ3) is 4.08. The lowest BCUT2D eigenvalue weighted by Crippen LogP contribution is -2.31. The van der Waals surface area contributed by atoms with Gasteiger partial charge >= 0.3 is 6.18 Å². The summed E-state index contributed by atoms with van der Waals surface area (Å²) in [6.07, 6.45) is -4.13. The van der Waals surface area contributed by atoms with E-state index in [1.165, 1.54) is 6.07 Å². The zero-order valence-electron chi connectivity index (χ0n) is 15.9. The molecule has 1 fully saturated rings. The van der Waals surface area contributed by atoms with Crippen LogP contribution in [-0.4, -0.2) is 44.6 Å². The van der Waals surface area contributed by atoms with Crippen LogP contribution in [0.4, 0.5) is 24.8 Å². The van der Waals surface area contributed by atoms with E-state index in [-0.39, 0.29) is 0 Å². The normalized spacial score (nSPS) is 16.1. The first kappa shape index (κ1) is 20.5. The van der Waals surface area contributed by atoms with Gasteiger partial charge in [0.05, 0.1) is 21.5 Å². The molecule has 1 saturated heterocycles. The SMILES string of the molecule is NS(=O)(=O)c1ccc(N2CCCN(c3nc4ccccc4[nH]3)CC2)cc1C(F)(F)F. The van der Waals surface area contributed by atoms with E-state index in [1.807, 2.05) is 29.2 Å². The number of rotatable bonds is 3. The van der Waals surface area contributed by atoms with Gasteiger partial charge in [-0.05, 0) is 36.8 Å². The molecular weight excluding hydrogens is 419 g/mol. The van der Waals surface area contributed by atoms with Crippen molar-refractivity contribution in [1.82, 2.24) is 9.97 Å². The number of alkyl halides is 3. The van der Waals surface area contributed by atoms with E-state index in [9.17, 15) is 21.6 Å². The molecule has 160 valence electrons. The van der Waals surface area contributed by atoms with Crippen molar-refractivity contribution < 1.29 is 21.6 Å². The molecule has 3 N–H and O–H groups in total. The van der Waals surface area contributed by atoms with Crippen LogP contribution in [0.5, 0.6) is 0 Å². The highest BCUT2D eigenvalue weighted by Gasteiger charge is 2.37. The third-order valence-corrected chi connectivity index (χ3v) is 6.08. The van der Waals surface area contributed by atoms with Crippen molar-refractivity contribution in [3.8, 4) is 0 Å². The lowest BCUT2D eigenvalue weighted by Gasteiger charge is -2.25. The highest BCUT2D eigenvalue weighted by Crippen LogP contribution is 2.36. The number of nitrogens with two attached hydrogens (primary N) is 1. The third-order valence-electron chi connectivity index (χ3n) is 5.11. The Hall–Kier alpha value is -2.79. The largest absolute Gasteiger partial charge is 0.417 e. The molecule has 1 aromatic heterocycles. The number of primary sulfonamides is 1. The summed E-state index contributed by atoms with van der Waals surface area (Å²) >= 11 is 0. The van der Waals surface area contributed by atoms with Gasteiger partial charge in [0.1, 0.15) is 0 Å².